The monoisotopic (exact) mass is 216 g/mol. The van der Waals surface area contributed by atoms with Crippen molar-refractivity contribution in [2.24, 2.45) is 0 Å². The number of hydrogen-bond donors (Lipinski definition) is 0. The molecule has 0 saturated heterocycles. The zero-order valence-electron chi connectivity index (χ0n) is 9.43. The first-order chi connectivity index (χ1) is 7.76. The van der Waals surface area contributed by atoms with Crippen molar-refractivity contribution >= 4 is 5.97 Å². The second-order valence-corrected chi connectivity index (χ2v) is 3.37. The van der Waals surface area contributed by atoms with Gasteiger partial charge in [0, 0.05) is 12.5 Å². The van der Waals surface area contributed by atoms with Gasteiger partial charge in [0.25, 0.3) is 0 Å². The van der Waals surface area contributed by atoms with Gasteiger partial charge in [0.15, 0.2) is 0 Å². The first-order valence-corrected chi connectivity index (χ1v) is 5.27. The van der Waals surface area contributed by atoms with Gasteiger partial charge in [-0.1, -0.05) is 43.0 Å². The predicted octanol–water partition coefficient (Wildman–Crippen LogP) is 3.10. The highest BCUT2D eigenvalue weighted by molar-refractivity contribution is 5.82. The van der Waals surface area contributed by atoms with E-state index >= 15 is 0 Å². The fraction of sp³-hybridized carbons (Fsp3) is 0.214. The third kappa shape index (κ3) is 4.13. The van der Waals surface area contributed by atoms with Crippen molar-refractivity contribution in [3.05, 3.63) is 60.8 Å². The largest absolute Gasteiger partial charge is 0.455 e. The van der Waals surface area contributed by atoms with Crippen molar-refractivity contribution in [1.82, 2.24) is 0 Å². The lowest BCUT2D eigenvalue weighted by atomic mass is 10.1. The molecule has 0 spiro atoms. The van der Waals surface area contributed by atoms with Crippen LogP contribution >= 0.6 is 0 Å². The van der Waals surface area contributed by atoms with Gasteiger partial charge in [0.1, 0.15) is 6.10 Å². The molecule has 1 unspecified atom stereocenters. The van der Waals surface area contributed by atoms with Gasteiger partial charge in [-0.15, -0.1) is 0 Å². The minimum Gasteiger partial charge on any atom is -0.455 e. The van der Waals surface area contributed by atoms with Crippen molar-refractivity contribution in [2.45, 2.75) is 19.4 Å². The topological polar surface area (TPSA) is 26.3 Å². The molecule has 1 rings (SSSR count). The van der Waals surface area contributed by atoms with E-state index in [1.807, 2.05) is 43.4 Å². The Labute approximate surface area is 96.3 Å². The number of rotatable bonds is 4. The highest BCUT2D eigenvalue weighted by Gasteiger charge is 2.11. The van der Waals surface area contributed by atoms with Crippen molar-refractivity contribution in [2.75, 3.05) is 0 Å². The Morgan fingerprint density at radius 2 is 2.44 bits per heavy atom. The summed E-state index contributed by atoms with van der Waals surface area (Å²) in [5.41, 5.74) is 0.990. The molecule has 0 amide bonds. The van der Waals surface area contributed by atoms with Crippen LogP contribution in [0.3, 0.4) is 0 Å². The maximum atomic E-state index is 11.0. The van der Waals surface area contributed by atoms with Crippen LogP contribution in [0.1, 0.15) is 13.3 Å². The smallest absolute Gasteiger partial charge is 0.331 e. The van der Waals surface area contributed by atoms with Crippen LogP contribution in [-0.4, -0.2) is 12.1 Å². The Bertz CT molecular complexity index is 370. The van der Waals surface area contributed by atoms with Crippen LogP contribution in [0.2, 0.25) is 0 Å². The predicted molar refractivity (Wildman–Crippen MR) is 65.9 cm³/mol. The van der Waals surface area contributed by atoms with Gasteiger partial charge in [0.05, 0.1) is 0 Å². The summed E-state index contributed by atoms with van der Waals surface area (Å²) in [4.78, 5) is 11.0. The normalized spacial score (nSPS) is 21.7. The molecule has 0 radical (unpaired) electrons. The molecule has 0 bridgehead atoms. The minimum absolute atomic E-state index is 0.161. The van der Waals surface area contributed by atoms with Crippen molar-refractivity contribution < 1.29 is 9.53 Å². The number of carbonyl (C=O) groups is 1. The molecule has 1 atom stereocenters. The van der Waals surface area contributed by atoms with Crippen molar-refractivity contribution in [1.29, 1.82) is 0 Å². The van der Waals surface area contributed by atoms with E-state index in [9.17, 15) is 4.79 Å². The van der Waals surface area contributed by atoms with Gasteiger partial charge in [-0.2, -0.15) is 0 Å². The molecule has 0 aromatic carbocycles. The molecular weight excluding hydrogens is 200 g/mol. The summed E-state index contributed by atoms with van der Waals surface area (Å²) in [6.07, 6.45) is 15.2. The van der Waals surface area contributed by atoms with Gasteiger partial charge in [0.2, 0.25) is 0 Å². The lowest BCUT2D eigenvalue weighted by Crippen LogP contribution is -2.17. The maximum absolute atomic E-state index is 11.0. The van der Waals surface area contributed by atoms with E-state index in [1.165, 1.54) is 6.08 Å². The van der Waals surface area contributed by atoms with Crippen LogP contribution in [-0.2, 0) is 9.53 Å². The SMILES string of the molecule is C=CC(C=CC1CC=CC(=O)O1)=CC=CC. The fourth-order valence-corrected chi connectivity index (χ4v) is 1.27. The molecule has 0 saturated carbocycles. The fourth-order valence-electron chi connectivity index (χ4n) is 1.27. The van der Waals surface area contributed by atoms with Gasteiger partial charge in [-0.25, -0.2) is 4.79 Å². The molecule has 0 N–H and O–H groups in total. The Morgan fingerprint density at radius 1 is 1.62 bits per heavy atom. The molecule has 0 aliphatic carbocycles. The molecule has 1 aliphatic rings. The van der Waals surface area contributed by atoms with E-state index in [0.717, 1.165) is 12.0 Å². The lowest BCUT2D eigenvalue weighted by molar-refractivity contribution is -0.141. The van der Waals surface area contributed by atoms with Crippen molar-refractivity contribution in [3.63, 3.8) is 0 Å². The number of allylic oxidation sites excluding steroid dienone is 6. The highest BCUT2D eigenvalue weighted by Crippen LogP contribution is 2.10. The summed E-state index contributed by atoms with van der Waals surface area (Å²) in [6, 6.07) is 0. The molecule has 84 valence electrons. The number of cyclic esters (lactones) is 1. The third-order valence-electron chi connectivity index (χ3n) is 2.11. The molecule has 0 aromatic rings. The van der Waals surface area contributed by atoms with Crippen LogP contribution in [0, 0.1) is 0 Å². The first-order valence-electron chi connectivity index (χ1n) is 5.27. The number of esters is 1. The Balaban J connectivity index is 2.61. The third-order valence-corrected chi connectivity index (χ3v) is 2.11. The van der Waals surface area contributed by atoms with E-state index in [1.54, 1.807) is 6.08 Å². The molecule has 1 heterocycles. The quantitative estimate of drug-likeness (QED) is 0.533. The molecule has 0 aromatic heterocycles. The van der Waals surface area contributed by atoms with Crippen LogP contribution in [0.4, 0.5) is 0 Å². The van der Waals surface area contributed by atoms with Crippen LogP contribution in [0.5, 0.6) is 0 Å². The van der Waals surface area contributed by atoms with Gasteiger partial charge < -0.3 is 4.74 Å². The molecular formula is C14H16O2. The summed E-state index contributed by atoms with van der Waals surface area (Å²) in [6.45, 7) is 5.67. The van der Waals surface area contributed by atoms with Gasteiger partial charge in [-0.05, 0) is 18.6 Å². The van der Waals surface area contributed by atoms with Gasteiger partial charge in [-0.3, -0.25) is 0 Å². The molecule has 1 aliphatic heterocycles. The van der Waals surface area contributed by atoms with Crippen LogP contribution in [0.25, 0.3) is 0 Å². The van der Waals surface area contributed by atoms with Gasteiger partial charge >= 0.3 is 5.97 Å². The summed E-state index contributed by atoms with van der Waals surface area (Å²) in [5.74, 6) is -0.279. The summed E-state index contributed by atoms with van der Waals surface area (Å²) < 4.78 is 5.09. The Morgan fingerprint density at radius 3 is 3.06 bits per heavy atom. The molecule has 16 heavy (non-hydrogen) atoms. The Kier molecular flexibility index (Phi) is 5.06. The number of ether oxygens (including phenoxy) is 1. The minimum atomic E-state index is -0.279. The second-order valence-electron chi connectivity index (χ2n) is 3.37. The maximum Gasteiger partial charge on any atom is 0.331 e. The average Bonchev–Trinajstić information content (AvgIpc) is 2.29. The van der Waals surface area contributed by atoms with E-state index in [2.05, 4.69) is 6.58 Å². The first kappa shape index (κ1) is 12.2. The summed E-state index contributed by atoms with van der Waals surface area (Å²) in [7, 11) is 0. The second kappa shape index (κ2) is 6.62. The Hall–Kier alpha value is -1.83. The summed E-state index contributed by atoms with van der Waals surface area (Å²) in [5, 5.41) is 0. The standard InChI is InChI=1S/C14H16O2/c1-3-5-7-12(4-2)10-11-13-8-6-9-14(15)16-13/h3-7,9-11,13H,2,8H2,1H3. The van der Waals surface area contributed by atoms with Crippen LogP contribution in [0.15, 0.2) is 60.8 Å². The molecule has 2 heteroatoms. The zero-order valence-corrected chi connectivity index (χ0v) is 9.43. The molecule has 2 nitrogen and oxygen atoms in total. The number of carbonyl (C=O) groups excluding carboxylic acids is 1. The average molecular weight is 216 g/mol. The van der Waals surface area contributed by atoms with E-state index in [0.29, 0.717) is 0 Å². The number of hydrogen-bond acceptors (Lipinski definition) is 2. The van der Waals surface area contributed by atoms with Crippen molar-refractivity contribution in [3.8, 4) is 0 Å². The zero-order chi connectivity index (χ0) is 11.8. The lowest BCUT2D eigenvalue weighted by Gasteiger charge is -2.14. The van der Waals surface area contributed by atoms with E-state index in [4.69, 9.17) is 4.74 Å². The van der Waals surface area contributed by atoms with E-state index < -0.39 is 0 Å². The molecule has 0 fully saturated rings. The highest BCUT2D eigenvalue weighted by atomic mass is 16.5. The van der Waals surface area contributed by atoms with E-state index in [-0.39, 0.29) is 12.1 Å². The summed E-state index contributed by atoms with van der Waals surface area (Å²) >= 11 is 0. The van der Waals surface area contributed by atoms with Crippen LogP contribution < -0.4 is 0 Å².